The Bertz CT molecular complexity index is 1190. The number of hydrogen-bond donors (Lipinski definition) is 3. The number of hydrogen-bond acceptors (Lipinski definition) is 4. The van der Waals surface area contributed by atoms with Gasteiger partial charge < -0.3 is 5.11 Å². The monoisotopic (exact) mass is 370 g/mol. The Morgan fingerprint density at radius 3 is 2.68 bits per heavy atom. The number of benzene rings is 3. The maximum atomic E-state index is 12.4. The van der Waals surface area contributed by atoms with Gasteiger partial charge in [-0.15, -0.1) is 0 Å². The number of nitrogens with one attached hydrogen (secondary N) is 2. The lowest BCUT2D eigenvalue weighted by atomic mass is 10.0. The summed E-state index contributed by atoms with van der Waals surface area (Å²) in [6, 6.07) is 22.4. The zero-order valence-corrected chi connectivity index (χ0v) is 15.2. The first-order valence-electron chi connectivity index (χ1n) is 8.79. The Kier molecular flexibility index (Phi) is 4.60. The van der Waals surface area contributed by atoms with E-state index in [-0.39, 0.29) is 5.75 Å². The Labute approximate surface area is 161 Å². The van der Waals surface area contributed by atoms with E-state index >= 15 is 0 Å². The van der Waals surface area contributed by atoms with Crippen molar-refractivity contribution >= 4 is 22.4 Å². The van der Waals surface area contributed by atoms with Crippen molar-refractivity contribution in [3.63, 3.8) is 0 Å². The fourth-order valence-corrected chi connectivity index (χ4v) is 3.02. The van der Waals surface area contributed by atoms with Crippen LogP contribution in [-0.4, -0.2) is 26.9 Å². The molecule has 0 saturated heterocycles. The number of amides is 1. The molecular formula is C22H18N4O2. The lowest BCUT2D eigenvalue weighted by molar-refractivity contribution is 0.0950. The van der Waals surface area contributed by atoms with E-state index in [4.69, 9.17) is 0 Å². The van der Waals surface area contributed by atoms with Gasteiger partial charge in [-0.1, -0.05) is 54.6 Å². The summed E-state index contributed by atoms with van der Waals surface area (Å²) < 4.78 is 0. The Balaban J connectivity index is 1.55. The molecule has 0 aliphatic carbocycles. The molecule has 3 aromatic carbocycles. The molecule has 0 fully saturated rings. The van der Waals surface area contributed by atoms with Crippen molar-refractivity contribution in [2.24, 2.45) is 5.10 Å². The Morgan fingerprint density at radius 2 is 1.82 bits per heavy atom. The van der Waals surface area contributed by atoms with Crippen molar-refractivity contribution in [3.05, 3.63) is 84.1 Å². The first-order valence-corrected chi connectivity index (χ1v) is 8.79. The summed E-state index contributed by atoms with van der Waals surface area (Å²) in [7, 11) is 0. The van der Waals surface area contributed by atoms with E-state index in [2.05, 4.69) is 20.7 Å². The van der Waals surface area contributed by atoms with Crippen LogP contribution in [0.4, 0.5) is 0 Å². The number of phenols is 1. The van der Waals surface area contributed by atoms with Gasteiger partial charge in [-0.2, -0.15) is 10.2 Å². The largest absolute Gasteiger partial charge is 0.508 e. The molecule has 138 valence electrons. The standard InChI is InChI=1S/C22H18N4O2/c1-14(16-8-4-9-17(27)12-16)23-26-22(28)21-13-20(24-25-21)19-11-5-7-15-6-2-3-10-18(15)19/h2-13,27H,1H3,(H,24,25)(H,26,28)/b23-14+. The summed E-state index contributed by atoms with van der Waals surface area (Å²) >= 11 is 0. The van der Waals surface area contributed by atoms with Crippen LogP contribution < -0.4 is 5.43 Å². The molecule has 0 spiro atoms. The summed E-state index contributed by atoms with van der Waals surface area (Å²) in [5.41, 5.74) is 5.78. The fraction of sp³-hybridized carbons (Fsp3) is 0.0455. The first kappa shape index (κ1) is 17.5. The van der Waals surface area contributed by atoms with Crippen LogP contribution in [0.2, 0.25) is 0 Å². The molecule has 4 aromatic rings. The van der Waals surface area contributed by atoms with Gasteiger partial charge in [-0.05, 0) is 35.9 Å². The minimum Gasteiger partial charge on any atom is -0.508 e. The van der Waals surface area contributed by atoms with Crippen LogP contribution in [0.15, 0.2) is 77.9 Å². The highest BCUT2D eigenvalue weighted by Crippen LogP contribution is 2.27. The number of aromatic hydroxyl groups is 1. The second kappa shape index (κ2) is 7.36. The zero-order chi connectivity index (χ0) is 19.5. The number of phenolic OH excluding ortho intramolecular Hbond substituents is 1. The van der Waals surface area contributed by atoms with E-state index in [0.717, 1.165) is 21.9 Å². The van der Waals surface area contributed by atoms with Gasteiger partial charge in [0.15, 0.2) is 0 Å². The fourth-order valence-electron chi connectivity index (χ4n) is 3.02. The minimum atomic E-state index is -0.390. The molecule has 0 radical (unpaired) electrons. The summed E-state index contributed by atoms with van der Waals surface area (Å²) in [5.74, 6) is -0.245. The molecule has 0 saturated carbocycles. The number of fused-ring (bicyclic) bond motifs is 1. The number of H-pyrrole nitrogens is 1. The molecule has 28 heavy (non-hydrogen) atoms. The van der Waals surface area contributed by atoms with Crippen molar-refractivity contribution in [1.82, 2.24) is 15.6 Å². The third-order valence-electron chi connectivity index (χ3n) is 4.48. The van der Waals surface area contributed by atoms with E-state index in [1.807, 2.05) is 42.5 Å². The third kappa shape index (κ3) is 3.48. The molecule has 4 rings (SSSR count). The molecule has 0 aliphatic heterocycles. The van der Waals surface area contributed by atoms with Crippen LogP contribution in [0.5, 0.6) is 5.75 Å². The lowest BCUT2D eigenvalue weighted by Crippen LogP contribution is -2.19. The van der Waals surface area contributed by atoms with Gasteiger partial charge in [0.1, 0.15) is 11.4 Å². The van der Waals surface area contributed by atoms with E-state index in [1.54, 1.807) is 37.3 Å². The quantitative estimate of drug-likeness (QED) is 0.373. The predicted molar refractivity (Wildman–Crippen MR) is 109 cm³/mol. The van der Waals surface area contributed by atoms with Gasteiger partial charge in [-0.25, -0.2) is 5.43 Å². The molecule has 0 aliphatic rings. The maximum Gasteiger partial charge on any atom is 0.289 e. The summed E-state index contributed by atoms with van der Waals surface area (Å²) in [6.07, 6.45) is 0. The number of carbonyl (C=O) groups excluding carboxylic acids is 1. The molecule has 6 nitrogen and oxygen atoms in total. The second-order valence-corrected chi connectivity index (χ2v) is 6.38. The van der Waals surface area contributed by atoms with E-state index in [0.29, 0.717) is 17.1 Å². The van der Waals surface area contributed by atoms with Gasteiger partial charge in [0, 0.05) is 11.1 Å². The number of hydrazone groups is 1. The van der Waals surface area contributed by atoms with E-state index < -0.39 is 5.91 Å². The van der Waals surface area contributed by atoms with E-state index in [1.165, 1.54) is 0 Å². The molecule has 1 heterocycles. The van der Waals surface area contributed by atoms with Crippen molar-refractivity contribution in [2.75, 3.05) is 0 Å². The number of aromatic amines is 1. The van der Waals surface area contributed by atoms with Crippen LogP contribution >= 0.6 is 0 Å². The molecular weight excluding hydrogens is 352 g/mol. The highest BCUT2D eigenvalue weighted by molar-refractivity contribution is 6.01. The van der Waals surface area contributed by atoms with Crippen LogP contribution in [0.25, 0.3) is 22.0 Å². The maximum absolute atomic E-state index is 12.4. The zero-order valence-electron chi connectivity index (χ0n) is 15.2. The average molecular weight is 370 g/mol. The first-order chi connectivity index (χ1) is 13.6. The van der Waals surface area contributed by atoms with Crippen LogP contribution in [-0.2, 0) is 0 Å². The molecule has 1 aromatic heterocycles. The average Bonchev–Trinajstić information content (AvgIpc) is 3.21. The summed E-state index contributed by atoms with van der Waals surface area (Å²) in [5, 5.41) is 22.9. The minimum absolute atomic E-state index is 0.145. The van der Waals surface area contributed by atoms with Crippen LogP contribution in [0, 0.1) is 0 Å². The smallest absolute Gasteiger partial charge is 0.289 e. The highest BCUT2D eigenvalue weighted by atomic mass is 16.3. The van der Waals surface area contributed by atoms with Crippen molar-refractivity contribution in [1.29, 1.82) is 0 Å². The van der Waals surface area contributed by atoms with Gasteiger partial charge in [0.05, 0.1) is 11.4 Å². The van der Waals surface area contributed by atoms with Crippen molar-refractivity contribution in [2.45, 2.75) is 6.92 Å². The summed E-state index contributed by atoms with van der Waals surface area (Å²) in [6.45, 7) is 1.75. The van der Waals surface area contributed by atoms with Gasteiger partial charge >= 0.3 is 0 Å². The molecule has 1 amide bonds. The lowest BCUT2D eigenvalue weighted by Gasteiger charge is -2.03. The number of nitrogens with zero attached hydrogens (tertiary/aromatic N) is 2. The summed E-state index contributed by atoms with van der Waals surface area (Å²) in [4.78, 5) is 12.4. The van der Waals surface area contributed by atoms with Gasteiger partial charge in [0.25, 0.3) is 5.91 Å². The van der Waals surface area contributed by atoms with Crippen LogP contribution in [0.1, 0.15) is 23.0 Å². The number of aromatic nitrogens is 2. The third-order valence-corrected chi connectivity index (χ3v) is 4.48. The number of carbonyl (C=O) groups is 1. The molecule has 0 bridgehead atoms. The second-order valence-electron chi connectivity index (χ2n) is 6.38. The van der Waals surface area contributed by atoms with Crippen LogP contribution in [0.3, 0.4) is 0 Å². The van der Waals surface area contributed by atoms with Gasteiger partial charge in [0.2, 0.25) is 0 Å². The van der Waals surface area contributed by atoms with Crippen molar-refractivity contribution in [3.8, 4) is 17.0 Å². The normalized spacial score (nSPS) is 11.5. The molecule has 6 heteroatoms. The highest BCUT2D eigenvalue weighted by Gasteiger charge is 2.12. The van der Waals surface area contributed by atoms with Gasteiger partial charge in [-0.3, -0.25) is 9.89 Å². The molecule has 0 unspecified atom stereocenters. The van der Waals surface area contributed by atoms with Crippen molar-refractivity contribution < 1.29 is 9.90 Å². The van der Waals surface area contributed by atoms with E-state index in [9.17, 15) is 9.90 Å². The Morgan fingerprint density at radius 1 is 1.04 bits per heavy atom. The topological polar surface area (TPSA) is 90.4 Å². The molecule has 3 N–H and O–H groups in total. The number of rotatable bonds is 4. The predicted octanol–water partition coefficient (Wildman–Crippen LogP) is 4.09. The Hall–Kier alpha value is -3.93. The molecule has 0 atom stereocenters. The SMILES string of the molecule is C/C(=N\NC(=O)c1cc(-c2cccc3ccccc23)n[nH]1)c1cccc(O)c1.